The Morgan fingerprint density at radius 1 is 1.39 bits per heavy atom. The van der Waals surface area contributed by atoms with Gasteiger partial charge in [0.15, 0.2) is 0 Å². The Labute approximate surface area is 109 Å². The van der Waals surface area contributed by atoms with Crippen molar-refractivity contribution in [1.82, 2.24) is 0 Å². The molecule has 1 unspecified atom stereocenters. The van der Waals surface area contributed by atoms with E-state index in [0.29, 0.717) is 24.3 Å². The number of nitrogens with two attached hydrogens (primary N) is 1. The highest BCUT2D eigenvalue weighted by molar-refractivity contribution is 5.69. The summed E-state index contributed by atoms with van der Waals surface area (Å²) in [6.45, 7) is 6.12. The highest BCUT2D eigenvalue weighted by atomic mass is 16.5. The van der Waals surface area contributed by atoms with Gasteiger partial charge >= 0.3 is 5.97 Å². The van der Waals surface area contributed by atoms with E-state index in [1.807, 2.05) is 13.8 Å². The zero-order chi connectivity index (χ0) is 14.0. The van der Waals surface area contributed by atoms with Gasteiger partial charge in [-0.15, -0.1) is 0 Å². The molecule has 0 spiro atoms. The summed E-state index contributed by atoms with van der Waals surface area (Å²) < 4.78 is 4.78. The Kier molecular flexibility index (Phi) is 8.66. The van der Waals surface area contributed by atoms with Crippen molar-refractivity contribution in [2.45, 2.75) is 39.7 Å². The van der Waals surface area contributed by atoms with Crippen LogP contribution in [0, 0.1) is 0 Å². The molecule has 0 amide bonds. The molecule has 0 aliphatic heterocycles. The molecule has 0 saturated carbocycles. The predicted molar refractivity (Wildman–Crippen MR) is 73.0 cm³/mol. The fraction of sp³-hybridized carbons (Fsp3) is 0.500. The topological polar surface area (TPSA) is 72.5 Å². The minimum absolute atomic E-state index is 0.198. The second kappa shape index (κ2) is 9.48. The van der Waals surface area contributed by atoms with E-state index in [4.69, 9.17) is 10.5 Å². The molecule has 1 rings (SSSR count). The van der Waals surface area contributed by atoms with Crippen molar-refractivity contribution >= 4 is 11.7 Å². The van der Waals surface area contributed by atoms with Crippen LogP contribution in [0.25, 0.3) is 0 Å². The number of aliphatic hydroxyl groups excluding tert-OH is 1. The summed E-state index contributed by atoms with van der Waals surface area (Å²) in [5.74, 6) is -0.295. The van der Waals surface area contributed by atoms with Crippen molar-refractivity contribution in [2.75, 3.05) is 12.3 Å². The van der Waals surface area contributed by atoms with Gasteiger partial charge in [0.05, 0.1) is 12.7 Å². The number of hydrogen-bond donors (Lipinski definition) is 2. The molecule has 0 heterocycles. The SMILES string of the molecule is CC.CCOC(=O)CCC(O)c1ccccc1N. The molecule has 0 aliphatic rings. The summed E-state index contributed by atoms with van der Waals surface area (Å²) in [5.41, 5.74) is 6.91. The number of aliphatic hydroxyl groups is 1. The average molecular weight is 253 g/mol. The Morgan fingerprint density at radius 3 is 2.56 bits per heavy atom. The van der Waals surface area contributed by atoms with Gasteiger partial charge in [-0.1, -0.05) is 32.0 Å². The van der Waals surface area contributed by atoms with Gasteiger partial charge in [0.25, 0.3) is 0 Å². The first-order chi connectivity index (χ1) is 8.65. The van der Waals surface area contributed by atoms with Crippen LogP contribution in [0.1, 0.15) is 45.3 Å². The van der Waals surface area contributed by atoms with Crippen molar-refractivity contribution in [1.29, 1.82) is 0 Å². The van der Waals surface area contributed by atoms with Crippen molar-refractivity contribution in [3.63, 3.8) is 0 Å². The van der Waals surface area contributed by atoms with Gasteiger partial charge in [-0.05, 0) is 19.4 Å². The molecular formula is C14H23NO3. The molecule has 0 aromatic heterocycles. The third kappa shape index (κ3) is 5.68. The van der Waals surface area contributed by atoms with Crippen molar-refractivity contribution in [3.8, 4) is 0 Å². The number of rotatable bonds is 5. The van der Waals surface area contributed by atoms with E-state index in [1.165, 1.54) is 0 Å². The maximum atomic E-state index is 11.1. The zero-order valence-corrected chi connectivity index (χ0v) is 11.3. The first kappa shape index (κ1) is 16.4. The molecule has 3 N–H and O–H groups in total. The van der Waals surface area contributed by atoms with Crippen LogP contribution in [0.3, 0.4) is 0 Å². The number of nitrogen functional groups attached to an aromatic ring is 1. The number of anilines is 1. The molecule has 102 valence electrons. The van der Waals surface area contributed by atoms with Crippen LogP contribution in [0.2, 0.25) is 0 Å². The lowest BCUT2D eigenvalue weighted by Crippen LogP contribution is -2.08. The summed E-state index contributed by atoms with van der Waals surface area (Å²) >= 11 is 0. The van der Waals surface area contributed by atoms with E-state index in [2.05, 4.69) is 0 Å². The van der Waals surface area contributed by atoms with Gasteiger partial charge in [-0.2, -0.15) is 0 Å². The van der Waals surface area contributed by atoms with E-state index in [0.717, 1.165) is 0 Å². The van der Waals surface area contributed by atoms with Crippen LogP contribution < -0.4 is 5.73 Å². The first-order valence-corrected chi connectivity index (χ1v) is 6.33. The van der Waals surface area contributed by atoms with Crippen molar-refractivity contribution < 1.29 is 14.6 Å². The van der Waals surface area contributed by atoms with E-state index in [9.17, 15) is 9.90 Å². The Hall–Kier alpha value is -1.55. The second-order valence-electron chi connectivity index (χ2n) is 3.49. The molecule has 0 radical (unpaired) electrons. The van der Waals surface area contributed by atoms with Gasteiger partial charge in [0.1, 0.15) is 0 Å². The molecule has 0 saturated heterocycles. The number of carbonyl (C=O) groups is 1. The number of hydrogen-bond acceptors (Lipinski definition) is 4. The fourth-order valence-electron chi connectivity index (χ4n) is 1.46. The zero-order valence-electron chi connectivity index (χ0n) is 11.3. The normalized spacial score (nSPS) is 11.1. The lowest BCUT2D eigenvalue weighted by atomic mass is 10.0. The highest BCUT2D eigenvalue weighted by Gasteiger charge is 2.12. The van der Waals surface area contributed by atoms with E-state index >= 15 is 0 Å². The highest BCUT2D eigenvalue weighted by Crippen LogP contribution is 2.23. The van der Waals surface area contributed by atoms with Crippen molar-refractivity contribution in [3.05, 3.63) is 29.8 Å². The molecule has 4 nitrogen and oxygen atoms in total. The largest absolute Gasteiger partial charge is 0.466 e. The third-order valence-corrected chi connectivity index (χ3v) is 2.28. The summed E-state index contributed by atoms with van der Waals surface area (Å²) in [6.07, 6.45) is -0.193. The second-order valence-corrected chi connectivity index (χ2v) is 3.49. The van der Waals surface area contributed by atoms with Gasteiger partial charge < -0.3 is 15.6 Å². The lowest BCUT2D eigenvalue weighted by molar-refractivity contribution is -0.143. The average Bonchev–Trinajstić information content (AvgIpc) is 2.39. The van der Waals surface area contributed by atoms with E-state index in [-0.39, 0.29) is 12.4 Å². The number of benzene rings is 1. The summed E-state index contributed by atoms with van der Waals surface area (Å²) in [4.78, 5) is 11.1. The van der Waals surface area contributed by atoms with Crippen LogP contribution >= 0.6 is 0 Å². The van der Waals surface area contributed by atoms with Crippen LogP contribution in [0.15, 0.2) is 24.3 Å². The summed E-state index contributed by atoms with van der Waals surface area (Å²) in [5, 5.41) is 9.83. The van der Waals surface area contributed by atoms with E-state index < -0.39 is 6.10 Å². The maximum Gasteiger partial charge on any atom is 0.305 e. The number of carbonyl (C=O) groups excluding carboxylic acids is 1. The monoisotopic (exact) mass is 253 g/mol. The van der Waals surface area contributed by atoms with Gasteiger partial charge in [-0.25, -0.2) is 0 Å². The van der Waals surface area contributed by atoms with Crippen LogP contribution in [0.4, 0.5) is 5.69 Å². The minimum Gasteiger partial charge on any atom is -0.466 e. The summed E-state index contributed by atoms with van der Waals surface area (Å²) in [7, 11) is 0. The third-order valence-electron chi connectivity index (χ3n) is 2.28. The molecular weight excluding hydrogens is 230 g/mol. The smallest absolute Gasteiger partial charge is 0.305 e. The molecule has 4 heteroatoms. The van der Waals surface area contributed by atoms with Gasteiger partial charge in [0, 0.05) is 17.7 Å². The number of esters is 1. The quantitative estimate of drug-likeness (QED) is 0.625. The molecule has 18 heavy (non-hydrogen) atoms. The molecule has 0 fully saturated rings. The van der Waals surface area contributed by atoms with Crippen molar-refractivity contribution in [2.24, 2.45) is 0 Å². The Morgan fingerprint density at radius 2 is 2.00 bits per heavy atom. The molecule has 1 aromatic carbocycles. The van der Waals surface area contributed by atoms with Gasteiger partial charge in [-0.3, -0.25) is 4.79 Å². The predicted octanol–water partition coefficient (Wildman–Crippen LogP) is 2.67. The minimum atomic E-state index is -0.717. The standard InChI is InChI=1S/C12H17NO3.C2H6/c1-2-16-12(15)8-7-11(14)9-5-3-4-6-10(9)13;1-2/h3-6,11,14H,2,7-8,13H2,1H3;1-2H3. The molecule has 0 bridgehead atoms. The lowest BCUT2D eigenvalue weighted by Gasteiger charge is -2.12. The van der Waals surface area contributed by atoms with Crippen LogP contribution in [-0.4, -0.2) is 17.7 Å². The first-order valence-electron chi connectivity index (χ1n) is 6.33. The fourth-order valence-corrected chi connectivity index (χ4v) is 1.46. The van der Waals surface area contributed by atoms with Gasteiger partial charge in [0.2, 0.25) is 0 Å². The molecule has 1 aromatic rings. The van der Waals surface area contributed by atoms with Crippen LogP contribution in [0.5, 0.6) is 0 Å². The number of ether oxygens (including phenoxy) is 1. The molecule has 1 atom stereocenters. The molecule has 0 aliphatic carbocycles. The van der Waals surface area contributed by atoms with Crippen LogP contribution in [-0.2, 0) is 9.53 Å². The summed E-state index contributed by atoms with van der Waals surface area (Å²) in [6, 6.07) is 7.09. The Bertz CT molecular complexity index is 353. The number of para-hydroxylation sites is 1. The maximum absolute atomic E-state index is 11.1. The Balaban J connectivity index is 0.00000137. The van der Waals surface area contributed by atoms with E-state index in [1.54, 1.807) is 31.2 Å².